The Morgan fingerprint density at radius 3 is 2.32 bits per heavy atom. The van der Waals surface area contributed by atoms with E-state index < -0.39 is 40.1 Å². The monoisotopic (exact) mass is 452 g/mol. The van der Waals surface area contributed by atoms with Crippen molar-refractivity contribution in [2.24, 2.45) is 5.92 Å². The van der Waals surface area contributed by atoms with Gasteiger partial charge in [-0.25, -0.2) is 22.0 Å². The van der Waals surface area contributed by atoms with Crippen LogP contribution in [0.3, 0.4) is 0 Å². The van der Waals surface area contributed by atoms with Gasteiger partial charge in [0, 0.05) is 24.8 Å². The van der Waals surface area contributed by atoms with Gasteiger partial charge in [-0.05, 0) is 55.2 Å². The maximum Gasteiger partial charge on any atom is 0.338 e. The molecule has 1 fully saturated rings. The molecule has 0 aliphatic carbocycles. The second-order valence-electron chi connectivity index (χ2n) is 7.36. The molecule has 0 spiro atoms. The third kappa shape index (κ3) is 5.65. The summed E-state index contributed by atoms with van der Waals surface area (Å²) in [5.41, 5.74) is 0.0912. The van der Waals surface area contributed by atoms with Gasteiger partial charge in [-0.2, -0.15) is 4.31 Å². The smallest absolute Gasteiger partial charge is 0.338 e. The maximum absolute atomic E-state index is 13.2. The van der Waals surface area contributed by atoms with Gasteiger partial charge in [0.05, 0.1) is 10.5 Å². The summed E-state index contributed by atoms with van der Waals surface area (Å²) in [5, 5.41) is 2.28. The number of piperidine rings is 1. The van der Waals surface area contributed by atoms with E-state index in [1.54, 1.807) is 0 Å². The first kappa shape index (κ1) is 22.8. The summed E-state index contributed by atoms with van der Waals surface area (Å²) in [6.07, 6.45) is 1.60. The molecular weight excluding hydrogens is 430 g/mol. The van der Waals surface area contributed by atoms with Gasteiger partial charge in [0.1, 0.15) is 0 Å². The van der Waals surface area contributed by atoms with Crippen LogP contribution in [0, 0.1) is 17.6 Å². The molecule has 0 unspecified atom stereocenters. The number of carbonyl (C=O) groups excluding carboxylic acids is 2. The number of halogens is 2. The first-order valence-electron chi connectivity index (χ1n) is 9.69. The molecule has 0 atom stereocenters. The Morgan fingerprint density at radius 2 is 1.71 bits per heavy atom. The molecule has 0 saturated carbocycles. The number of rotatable bonds is 6. The van der Waals surface area contributed by atoms with E-state index in [9.17, 15) is 26.8 Å². The summed E-state index contributed by atoms with van der Waals surface area (Å²) >= 11 is 0. The number of ether oxygens (including phenoxy) is 1. The molecule has 0 radical (unpaired) electrons. The Bertz CT molecular complexity index is 1070. The summed E-state index contributed by atoms with van der Waals surface area (Å²) in [6, 6.07) is 8.11. The summed E-state index contributed by atoms with van der Waals surface area (Å²) in [6.45, 7) is 2.35. The number of nitrogens with one attached hydrogen (secondary N) is 1. The highest BCUT2D eigenvalue weighted by Gasteiger charge is 2.28. The molecule has 1 aliphatic rings. The number of esters is 1. The van der Waals surface area contributed by atoms with Crippen LogP contribution in [0.4, 0.5) is 14.5 Å². The second kappa shape index (κ2) is 9.52. The summed E-state index contributed by atoms with van der Waals surface area (Å²) in [5.74, 6) is -3.24. The number of anilines is 1. The molecule has 2 aromatic carbocycles. The minimum atomic E-state index is -3.64. The summed E-state index contributed by atoms with van der Waals surface area (Å²) in [7, 11) is -3.64. The van der Waals surface area contributed by atoms with E-state index in [4.69, 9.17) is 4.74 Å². The average Bonchev–Trinajstić information content (AvgIpc) is 2.75. The van der Waals surface area contributed by atoms with Gasteiger partial charge in [-0.15, -0.1) is 0 Å². The Labute approximate surface area is 179 Å². The summed E-state index contributed by atoms with van der Waals surface area (Å²) < 4.78 is 57.8. The molecule has 7 nitrogen and oxygen atoms in total. The molecule has 1 N–H and O–H groups in total. The van der Waals surface area contributed by atoms with Crippen molar-refractivity contribution < 1.29 is 31.5 Å². The Hall–Kier alpha value is -2.85. The van der Waals surface area contributed by atoms with Crippen molar-refractivity contribution >= 4 is 27.6 Å². The van der Waals surface area contributed by atoms with Gasteiger partial charge in [0.15, 0.2) is 18.2 Å². The average molecular weight is 452 g/mol. The van der Waals surface area contributed by atoms with Gasteiger partial charge < -0.3 is 10.1 Å². The number of sulfonamides is 1. The van der Waals surface area contributed by atoms with Crippen LogP contribution in [-0.2, 0) is 19.6 Å². The quantitative estimate of drug-likeness (QED) is 0.680. The minimum absolute atomic E-state index is 0.0154. The van der Waals surface area contributed by atoms with E-state index in [1.807, 2.05) is 0 Å². The third-order valence-corrected chi connectivity index (χ3v) is 6.92. The minimum Gasteiger partial charge on any atom is -0.452 e. The largest absolute Gasteiger partial charge is 0.452 e. The number of amides is 1. The van der Waals surface area contributed by atoms with Crippen molar-refractivity contribution in [2.75, 3.05) is 25.0 Å². The lowest BCUT2D eigenvalue weighted by molar-refractivity contribution is -0.119. The van der Waals surface area contributed by atoms with Crippen LogP contribution in [0.15, 0.2) is 47.4 Å². The highest BCUT2D eigenvalue weighted by atomic mass is 32.2. The number of nitrogens with zero attached hydrogens (tertiary/aromatic N) is 1. The molecule has 2 aromatic rings. The van der Waals surface area contributed by atoms with Crippen LogP contribution in [0.25, 0.3) is 0 Å². The van der Waals surface area contributed by atoms with Crippen LogP contribution in [0.5, 0.6) is 0 Å². The highest BCUT2D eigenvalue weighted by molar-refractivity contribution is 7.89. The normalized spacial score (nSPS) is 15.5. The molecule has 1 heterocycles. The highest BCUT2D eigenvalue weighted by Crippen LogP contribution is 2.23. The number of hydrogen-bond donors (Lipinski definition) is 1. The molecule has 1 amide bonds. The van der Waals surface area contributed by atoms with Gasteiger partial charge in [-0.1, -0.05) is 6.92 Å². The molecular formula is C21H22F2N2O5S. The molecule has 1 aliphatic heterocycles. The van der Waals surface area contributed by atoms with E-state index >= 15 is 0 Å². The standard InChI is InChI=1S/C21H22F2N2O5S/c1-14-8-10-25(11-9-14)31(28,29)17-5-2-15(3-6-17)21(27)30-13-20(26)24-16-4-7-18(22)19(23)12-16/h2-7,12,14H,8-11,13H2,1H3,(H,24,26). The predicted octanol–water partition coefficient (Wildman–Crippen LogP) is 3.18. The van der Waals surface area contributed by atoms with Crippen LogP contribution in [-0.4, -0.2) is 44.3 Å². The molecule has 0 aromatic heterocycles. The zero-order valence-electron chi connectivity index (χ0n) is 16.8. The van der Waals surface area contributed by atoms with E-state index in [0.717, 1.165) is 25.0 Å². The van der Waals surface area contributed by atoms with E-state index in [2.05, 4.69) is 12.2 Å². The van der Waals surface area contributed by atoms with Gasteiger partial charge in [-0.3, -0.25) is 4.79 Å². The topological polar surface area (TPSA) is 92.8 Å². The molecule has 10 heteroatoms. The zero-order chi connectivity index (χ0) is 22.6. The predicted molar refractivity (Wildman–Crippen MR) is 109 cm³/mol. The van der Waals surface area contributed by atoms with Crippen LogP contribution < -0.4 is 5.32 Å². The Kier molecular flexibility index (Phi) is 7.01. The molecule has 166 valence electrons. The molecule has 3 rings (SSSR count). The fourth-order valence-electron chi connectivity index (χ4n) is 3.12. The SMILES string of the molecule is CC1CCN(S(=O)(=O)c2ccc(C(=O)OCC(=O)Nc3ccc(F)c(F)c3)cc2)CC1. The van der Waals surface area contributed by atoms with Crippen molar-refractivity contribution in [1.29, 1.82) is 0 Å². The lowest BCUT2D eigenvalue weighted by Gasteiger charge is -2.29. The van der Waals surface area contributed by atoms with E-state index in [0.29, 0.717) is 19.0 Å². The first-order valence-corrected chi connectivity index (χ1v) is 11.1. The molecule has 31 heavy (non-hydrogen) atoms. The van der Waals surface area contributed by atoms with Crippen molar-refractivity contribution in [3.05, 3.63) is 59.7 Å². The molecule has 0 bridgehead atoms. The van der Waals surface area contributed by atoms with Crippen molar-refractivity contribution in [1.82, 2.24) is 4.31 Å². The fourth-order valence-corrected chi connectivity index (χ4v) is 4.59. The van der Waals surface area contributed by atoms with Gasteiger partial charge in [0.2, 0.25) is 10.0 Å². The fraction of sp³-hybridized carbons (Fsp3) is 0.333. The Morgan fingerprint density at radius 1 is 1.06 bits per heavy atom. The number of carbonyl (C=O) groups is 2. The lowest BCUT2D eigenvalue weighted by atomic mass is 10.0. The lowest BCUT2D eigenvalue weighted by Crippen LogP contribution is -2.37. The van der Waals surface area contributed by atoms with Crippen LogP contribution in [0.1, 0.15) is 30.1 Å². The Balaban J connectivity index is 1.56. The number of hydrogen-bond acceptors (Lipinski definition) is 5. The maximum atomic E-state index is 13.2. The van der Waals surface area contributed by atoms with Crippen LogP contribution in [0.2, 0.25) is 0 Å². The van der Waals surface area contributed by atoms with Gasteiger partial charge in [0.25, 0.3) is 5.91 Å². The van der Waals surface area contributed by atoms with Crippen LogP contribution >= 0.6 is 0 Å². The second-order valence-corrected chi connectivity index (χ2v) is 9.30. The van der Waals surface area contributed by atoms with E-state index in [-0.39, 0.29) is 16.1 Å². The van der Waals surface area contributed by atoms with Crippen molar-refractivity contribution in [3.63, 3.8) is 0 Å². The first-order chi connectivity index (χ1) is 14.7. The summed E-state index contributed by atoms with van der Waals surface area (Å²) in [4.78, 5) is 24.0. The van der Waals surface area contributed by atoms with Crippen molar-refractivity contribution in [2.45, 2.75) is 24.7 Å². The number of benzene rings is 2. The van der Waals surface area contributed by atoms with E-state index in [1.165, 1.54) is 34.6 Å². The third-order valence-electron chi connectivity index (χ3n) is 5.01. The molecule has 1 saturated heterocycles. The van der Waals surface area contributed by atoms with Gasteiger partial charge >= 0.3 is 5.97 Å². The van der Waals surface area contributed by atoms with Crippen molar-refractivity contribution in [3.8, 4) is 0 Å². The zero-order valence-corrected chi connectivity index (χ0v) is 17.6.